The van der Waals surface area contributed by atoms with Gasteiger partial charge in [-0.1, -0.05) is 127 Å². The summed E-state index contributed by atoms with van der Waals surface area (Å²) in [5.74, 6) is 2.06. The number of hydrogen-bond acceptors (Lipinski definition) is 6. The van der Waals surface area contributed by atoms with Crippen molar-refractivity contribution in [1.29, 1.82) is 0 Å². The molecule has 0 aromatic heterocycles. The molecule has 0 fully saturated rings. The maximum absolute atomic E-state index is 7.46. The molecule has 3 aliphatic rings. The number of ether oxygens (including phenoxy) is 2. The number of benzene rings is 6. The molecule has 6 nitrogen and oxygen atoms in total. The van der Waals surface area contributed by atoms with Crippen LogP contribution in [0.3, 0.4) is 0 Å². The molecule has 0 amide bonds. The van der Waals surface area contributed by atoms with Crippen molar-refractivity contribution in [2.24, 2.45) is 4.99 Å². The van der Waals surface area contributed by atoms with E-state index in [1.54, 1.807) is 7.11 Å². The molecule has 2 aliphatic heterocycles. The zero-order chi connectivity index (χ0) is 34.9. The van der Waals surface area contributed by atoms with Gasteiger partial charge < -0.3 is 14.0 Å². The fourth-order valence-corrected chi connectivity index (χ4v) is 9.14. The summed E-state index contributed by atoms with van der Waals surface area (Å²) in [5, 5.41) is 2.31. The monoisotopic (exact) mass is 703 g/mol. The minimum atomic E-state index is -1.94. The van der Waals surface area contributed by atoms with Gasteiger partial charge in [0.25, 0.3) is 0 Å². The summed E-state index contributed by atoms with van der Waals surface area (Å²) in [5.41, 5.74) is 5.78. The number of methoxy groups -OCH3 is 1. The average Bonchev–Trinajstić information content (AvgIpc) is 3.64. The summed E-state index contributed by atoms with van der Waals surface area (Å²) in [6, 6.07) is 49.7. The summed E-state index contributed by atoms with van der Waals surface area (Å²) in [4.78, 5) is 5.28. The smallest absolute Gasteiger partial charge is 0.398 e. The van der Waals surface area contributed by atoms with E-state index in [4.69, 9.17) is 28.0 Å². The van der Waals surface area contributed by atoms with Crippen molar-refractivity contribution in [2.45, 2.75) is 36.5 Å². The van der Waals surface area contributed by atoms with Crippen LogP contribution in [0, 0.1) is 0 Å². The lowest BCUT2D eigenvalue weighted by atomic mass is 9.78. The van der Waals surface area contributed by atoms with Gasteiger partial charge in [-0.05, 0) is 63.4 Å². The zero-order valence-electron chi connectivity index (χ0n) is 28.8. The lowest BCUT2D eigenvalue weighted by molar-refractivity contribution is 0.0135. The van der Waals surface area contributed by atoms with Gasteiger partial charge in [-0.3, -0.25) is 9.05 Å². The van der Waals surface area contributed by atoms with Gasteiger partial charge in [-0.2, -0.15) is 0 Å². The summed E-state index contributed by atoms with van der Waals surface area (Å²) in [6.07, 6.45) is 5.16. The average molecular weight is 704 g/mol. The van der Waals surface area contributed by atoms with Crippen molar-refractivity contribution in [3.8, 4) is 11.5 Å². The second-order valence-corrected chi connectivity index (χ2v) is 14.5. The quantitative estimate of drug-likeness (QED) is 0.140. The Bertz CT molecular complexity index is 2210. The molecule has 0 saturated heterocycles. The van der Waals surface area contributed by atoms with Crippen molar-refractivity contribution >= 4 is 31.3 Å². The molecule has 0 N–H and O–H groups in total. The van der Waals surface area contributed by atoms with Crippen LogP contribution in [0.15, 0.2) is 157 Å². The molecule has 258 valence electrons. The predicted molar refractivity (Wildman–Crippen MR) is 207 cm³/mol. The molecule has 4 atom stereocenters. The number of nitrogens with zero attached hydrogens (tertiary/aromatic N) is 1. The van der Waals surface area contributed by atoms with E-state index in [1.807, 2.05) is 36.4 Å². The van der Waals surface area contributed by atoms with E-state index < -0.39 is 14.2 Å². The van der Waals surface area contributed by atoms with Gasteiger partial charge in [0.05, 0.1) is 13.2 Å². The summed E-state index contributed by atoms with van der Waals surface area (Å²) in [7, 11) is -0.273. The van der Waals surface area contributed by atoms with Crippen molar-refractivity contribution in [3.63, 3.8) is 0 Å². The molecule has 3 unspecified atom stereocenters. The number of hydrogen-bond donors (Lipinski definition) is 0. The number of aliphatic imine (C=N–C) groups is 1. The van der Waals surface area contributed by atoms with E-state index >= 15 is 0 Å². The molecule has 6 aromatic rings. The molecule has 6 aromatic carbocycles. The Kier molecular flexibility index (Phi) is 8.81. The SMILES string of the molecule is COc1ccc(C2=N[C@H](C(Cc3ccccc3)(Cc3ccccc3)OP3Oc4ccc5ccccc5c4C4c5ccccc5C=CC4O3)CO2)cc1. The molecular weight excluding hydrogens is 665 g/mol. The molecule has 0 spiro atoms. The second kappa shape index (κ2) is 14.0. The van der Waals surface area contributed by atoms with Crippen molar-refractivity contribution < 1.29 is 23.0 Å². The Balaban J connectivity index is 1.17. The summed E-state index contributed by atoms with van der Waals surface area (Å²) < 4.78 is 33.3. The van der Waals surface area contributed by atoms with Crippen LogP contribution in [0.1, 0.15) is 39.3 Å². The van der Waals surface area contributed by atoms with Gasteiger partial charge in [0.15, 0.2) is 0 Å². The molecule has 0 bridgehead atoms. The van der Waals surface area contributed by atoms with E-state index in [-0.39, 0.29) is 18.1 Å². The molecule has 2 heterocycles. The van der Waals surface area contributed by atoms with Gasteiger partial charge in [0.1, 0.15) is 29.7 Å². The highest BCUT2D eigenvalue weighted by Crippen LogP contribution is 2.57. The first-order chi connectivity index (χ1) is 25.7. The predicted octanol–water partition coefficient (Wildman–Crippen LogP) is 10.1. The highest BCUT2D eigenvalue weighted by atomic mass is 31.2. The first kappa shape index (κ1) is 32.6. The Morgan fingerprint density at radius 1 is 0.750 bits per heavy atom. The van der Waals surface area contributed by atoms with Gasteiger partial charge >= 0.3 is 8.60 Å². The molecule has 52 heavy (non-hydrogen) atoms. The molecule has 1 aliphatic carbocycles. The molecule has 7 heteroatoms. The van der Waals surface area contributed by atoms with E-state index in [1.165, 1.54) is 11.1 Å². The Hall–Kier alpha value is -5.26. The maximum Gasteiger partial charge on any atom is 0.398 e. The highest BCUT2D eigenvalue weighted by molar-refractivity contribution is 7.42. The van der Waals surface area contributed by atoms with Crippen LogP contribution >= 0.6 is 8.60 Å². The largest absolute Gasteiger partial charge is 0.497 e. The lowest BCUT2D eigenvalue weighted by Gasteiger charge is -2.39. The minimum absolute atomic E-state index is 0.0782. The zero-order valence-corrected chi connectivity index (χ0v) is 29.7. The third kappa shape index (κ3) is 6.28. The van der Waals surface area contributed by atoms with Crippen molar-refractivity contribution in [2.75, 3.05) is 13.7 Å². The van der Waals surface area contributed by atoms with E-state index in [9.17, 15) is 0 Å². The van der Waals surface area contributed by atoms with Gasteiger partial charge in [-0.25, -0.2) is 4.99 Å². The molecule has 9 rings (SSSR count). The number of fused-ring (bicyclic) bond motifs is 7. The van der Waals surface area contributed by atoms with Crippen LogP contribution in [0.25, 0.3) is 16.8 Å². The van der Waals surface area contributed by atoms with Crippen LogP contribution in [0.2, 0.25) is 0 Å². The normalized spacial score (nSPS) is 20.4. The topological polar surface area (TPSA) is 58.5 Å². The summed E-state index contributed by atoms with van der Waals surface area (Å²) in [6.45, 7) is 0.352. The highest BCUT2D eigenvalue weighted by Gasteiger charge is 2.49. The van der Waals surface area contributed by atoms with Crippen LogP contribution in [-0.4, -0.2) is 37.4 Å². The molecule has 0 saturated carbocycles. The Labute approximate surface area is 305 Å². The van der Waals surface area contributed by atoms with Gasteiger partial charge in [-0.15, -0.1) is 0 Å². The minimum Gasteiger partial charge on any atom is -0.497 e. The summed E-state index contributed by atoms with van der Waals surface area (Å²) >= 11 is 0. The van der Waals surface area contributed by atoms with Crippen LogP contribution in [0.4, 0.5) is 0 Å². The van der Waals surface area contributed by atoms with Crippen molar-refractivity contribution in [3.05, 3.63) is 185 Å². The Morgan fingerprint density at radius 3 is 2.19 bits per heavy atom. The van der Waals surface area contributed by atoms with E-state index in [0.29, 0.717) is 25.3 Å². The Morgan fingerprint density at radius 2 is 1.44 bits per heavy atom. The maximum atomic E-state index is 7.46. The van der Waals surface area contributed by atoms with Gasteiger partial charge in [0, 0.05) is 29.9 Å². The van der Waals surface area contributed by atoms with Crippen LogP contribution < -0.4 is 9.26 Å². The standard InChI is InChI=1S/C45H38NO5P/c1-47-36-24-20-35(21-25-36)44-46-41(30-48-44)45(28-31-12-4-2-5-13-31,29-32-14-6-3-7-15-32)51-52-49-39-26-22-33-16-8-10-18-37(33)42(39)43-38-19-11-9-17-34(38)23-27-40(43)50-52/h2-27,39,41-42H,28-30H2,1H3/t39?,41-,42?,52?/m0/s1. The third-order valence-electron chi connectivity index (χ3n) is 10.3. The van der Waals surface area contributed by atoms with E-state index in [0.717, 1.165) is 44.5 Å². The van der Waals surface area contributed by atoms with Crippen LogP contribution in [0.5, 0.6) is 11.5 Å². The number of rotatable bonds is 9. The first-order valence-electron chi connectivity index (χ1n) is 17.7. The van der Waals surface area contributed by atoms with Crippen LogP contribution in [-0.2, 0) is 26.6 Å². The van der Waals surface area contributed by atoms with Gasteiger partial charge in [0.2, 0.25) is 5.90 Å². The van der Waals surface area contributed by atoms with E-state index in [2.05, 4.69) is 121 Å². The molecular formula is C45H38NO5P. The third-order valence-corrected chi connectivity index (χ3v) is 11.6. The second-order valence-electron chi connectivity index (χ2n) is 13.5. The molecule has 0 radical (unpaired) electrons. The first-order valence-corrected chi connectivity index (χ1v) is 18.8. The van der Waals surface area contributed by atoms with Crippen molar-refractivity contribution in [1.82, 2.24) is 0 Å². The lowest BCUT2D eigenvalue weighted by Crippen LogP contribution is -2.48. The fraction of sp³-hybridized carbons (Fsp3) is 0.178. The fourth-order valence-electron chi connectivity index (χ4n) is 7.76.